The van der Waals surface area contributed by atoms with Crippen molar-refractivity contribution in [1.82, 2.24) is 19.0 Å². The highest BCUT2D eigenvalue weighted by Crippen LogP contribution is 2.29. The van der Waals surface area contributed by atoms with E-state index in [4.69, 9.17) is 15.5 Å². The number of para-hydroxylation sites is 1. The summed E-state index contributed by atoms with van der Waals surface area (Å²) in [5, 5.41) is 0.838. The molecule has 0 unspecified atom stereocenters. The Kier molecular flexibility index (Phi) is 7.49. The number of nitrogens with two attached hydrogens (primary N) is 1. The number of carbonyl (C=O) groups excluding carboxylic acids is 2. The van der Waals surface area contributed by atoms with Crippen molar-refractivity contribution in [2.24, 2.45) is 5.73 Å². The van der Waals surface area contributed by atoms with Crippen LogP contribution in [0.15, 0.2) is 53.5 Å². The fourth-order valence-corrected chi connectivity index (χ4v) is 4.52. The standard InChI is InChI=1S/C27H31N5O4/c1-4-30(5-2)24(33)17-31-16-20(19-9-6-7-10-22(19)31)25-26(34)32(14-8-13-28)23-15-18(27(35)36-3)11-12-21(23)29-25/h6-7,9-12,15-16H,4-5,8,13-14,17,28H2,1-3H3. The van der Waals surface area contributed by atoms with Crippen molar-refractivity contribution >= 4 is 33.8 Å². The molecule has 36 heavy (non-hydrogen) atoms. The number of aromatic nitrogens is 3. The van der Waals surface area contributed by atoms with Crippen LogP contribution in [0.4, 0.5) is 0 Å². The molecule has 0 spiro atoms. The molecule has 2 N–H and O–H groups in total. The number of amides is 1. The minimum absolute atomic E-state index is 0.00877. The number of likely N-dealkylation sites (N-methyl/N-ethyl adjacent to an activating group) is 1. The second-order valence-corrected chi connectivity index (χ2v) is 8.51. The number of carbonyl (C=O) groups is 2. The number of fused-ring (bicyclic) bond motifs is 2. The molecule has 2 aromatic heterocycles. The first kappa shape index (κ1) is 25.1. The van der Waals surface area contributed by atoms with Gasteiger partial charge in [-0.25, -0.2) is 9.78 Å². The Morgan fingerprint density at radius 2 is 1.83 bits per heavy atom. The van der Waals surface area contributed by atoms with E-state index in [1.165, 1.54) is 7.11 Å². The summed E-state index contributed by atoms with van der Waals surface area (Å²) < 4.78 is 8.34. The van der Waals surface area contributed by atoms with Crippen LogP contribution in [0.1, 0.15) is 30.6 Å². The number of hydrogen-bond donors (Lipinski definition) is 1. The van der Waals surface area contributed by atoms with Crippen LogP contribution in [0, 0.1) is 0 Å². The normalized spacial score (nSPS) is 11.2. The van der Waals surface area contributed by atoms with Crippen molar-refractivity contribution in [1.29, 1.82) is 0 Å². The maximum Gasteiger partial charge on any atom is 0.337 e. The largest absolute Gasteiger partial charge is 0.465 e. The molecule has 0 radical (unpaired) electrons. The molecule has 0 fully saturated rings. The second-order valence-electron chi connectivity index (χ2n) is 8.51. The topological polar surface area (TPSA) is 112 Å². The van der Waals surface area contributed by atoms with Crippen LogP contribution in [0.5, 0.6) is 0 Å². The van der Waals surface area contributed by atoms with Crippen molar-refractivity contribution in [2.45, 2.75) is 33.4 Å². The molecule has 4 rings (SSSR count). The number of benzene rings is 2. The zero-order chi connectivity index (χ0) is 25.8. The van der Waals surface area contributed by atoms with Crippen LogP contribution in [0.3, 0.4) is 0 Å². The molecular formula is C27H31N5O4. The van der Waals surface area contributed by atoms with Crippen molar-refractivity contribution in [3.8, 4) is 11.3 Å². The first-order valence-electron chi connectivity index (χ1n) is 12.1. The van der Waals surface area contributed by atoms with E-state index in [-0.39, 0.29) is 23.7 Å². The molecule has 4 aromatic rings. The van der Waals surface area contributed by atoms with Crippen molar-refractivity contribution in [3.05, 3.63) is 64.6 Å². The maximum atomic E-state index is 13.8. The van der Waals surface area contributed by atoms with Crippen LogP contribution in [0.2, 0.25) is 0 Å². The monoisotopic (exact) mass is 489 g/mol. The predicted octanol–water partition coefficient (Wildman–Crippen LogP) is 3.02. The molecular weight excluding hydrogens is 458 g/mol. The van der Waals surface area contributed by atoms with Crippen LogP contribution in [0.25, 0.3) is 33.2 Å². The van der Waals surface area contributed by atoms with E-state index in [1.807, 2.05) is 48.9 Å². The lowest BCUT2D eigenvalue weighted by Gasteiger charge is -2.19. The summed E-state index contributed by atoms with van der Waals surface area (Å²) in [6.07, 6.45) is 2.42. The smallest absolute Gasteiger partial charge is 0.337 e. The van der Waals surface area contributed by atoms with Gasteiger partial charge in [-0.05, 0) is 51.1 Å². The average Bonchev–Trinajstić information content (AvgIpc) is 3.25. The third kappa shape index (κ3) is 4.61. The predicted molar refractivity (Wildman–Crippen MR) is 140 cm³/mol. The summed E-state index contributed by atoms with van der Waals surface area (Å²) in [7, 11) is 1.32. The minimum atomic E-state index is -0.486. The molecule has 0 saturated carbocycles. The summed E-state index contributed by atoms with van der Waals surface area (Å²) in [6.45, 7) is 6.13. The molecule has 9 nitrogen and oxygen atoms in total. The molecule has 1 amide bonds. The number of methoxy groups -OCH3 is 1. The Labute approximate surface area is 209 Å². The van der Waals surface area contributed by atoms with Gasteiger partial charge in [-0.3, -0.25) is 9.59 Å². The summed E-state index contributed by atoms with van der Waals surface area (Å²) in [5.74, 6) is -0.478. The summed E-state index contributed by atoms with van der Waals surface area (Å²) in [4.78, 5) is 45.2. The molecule has 0 aliphatic carbocycles. The SMILES string of the molecule is CCN(CC)C(=O)Cn1cc(-c2nc3ccc(C(=O)OC)cc3n(CCCN)c2=O)c2ccccc21. The number of hydrogen-bond acceptors (Lipinski definition) is 6. The van der Waals surface area contributed by atoms with Gasteiger partial charge in [0.15, 0.2) is 0 Å². The van der Waals surface area contributed by atoms with E-state index in [2.05, 4.69) is 0 Å². The van der Waals surface area contributed by atoms with Gasteiger partial charge >= 0.3 is 5.97 Å². The molecule has 0 aliphatic rings. The minimum Gasteiger partial charge on any atom is -0.465 e. The lowest BCUT2D eigenvalue weighted by atomic mass is 10.1. The van der Waals surface area contributed by atoms with Crippen LogP contribution in [-0.2, 0) is 22.6 Å². The lowest BCUT2D eigenvalue weighted by Crippen LogP contribution is -2.33. The van der Waals surface area contributed by atoms with Gasteiger partial charge in [0.1, 0.15) is 12.2 Å². The molecule has 2 heterocycles. The van der Waals surface area contributed by atoms with Gasteiger partial charge in [-0.1, -0.05) is 18.2 Å². The van der Waals surface area contributed by atoms with Gasteiger partial charge < -0.3 is 24.5 Å². The Morgan fingerprint density at radius 1 is 1.08 bits per heavy atom. The Balaban J connectivity index is 1.92. The first-order chi connectivity index (χ1) is 17.4. The molecule has 0 saturated heterocycles. The molecule has 188 valence electrons. The van der Waals surface area contributed by atoms with Crippen LogP contribution < -0.4 is 11.3 Å². The third-order valence-electron chi connectivity index (χ3n) is 6.42. The van der Waals surface area contributed by atoms with Gasteiger partial charge in [0.25, 0.3) is 5.56 Å². The summed E-state index contributed by atoms with van der Waals surface area (Å²) in [6, 6.07) is 12.7. The van der Waals surface area contributed by atoms with E-state index in [9.17, 15) is 14.4 Å². The summed E-state index contributed by atoms with van der Waals surface area (Å²) >= 11 is 0. The maximum absolute atomic E-state index is 13.8. The second kappa shape index (κ2) is 10.7. The van der Waals surface area contributed by atoms with Gasteiger partial charge in [0.05, 0.1) is 23.7 Å². The van der Waals surface area contributed by atoms with Gasteiger partial charge in [-0.15, -0.1) is 0 Å². The Hall–Kier alpha value is -3.98. The van der Waals surface area contributed by atoms with Gasteiger partial charge in [0.2, 0.25) is 5.91 Å². The van der Waals surface area contributed by atoms with Crippen molar-refractivity contribution < 1.29 is 14.3 Å². The number of rotatable bonds is 9. The lowest BCUT2D eigenvalue weighted by molar-refractivity contribution is -0.131. The first-order valence-corrected chi connectivity index (χ1v) is 12.1. The fourth-order valence-electron chi connectivity index (χ4n) is 4.52. The highest BCUT2D eigenvalue weighted by atomic mass is 16.5. The van der Waals surface area contributed by atoms with Crippen molar-refractivity contribution in [3.63, 3.8) is 0 Å². The van der Waals surface area contributed by atoms with E-state index in [0.29, 0.717) is 54.8 Å². The number of ether oxygens (including phenoxy) is 1. The van der Waals surface area contributed by atoms with E-state index < -0.39 is 5.97 Å². The number of aryl methyl sites for hydroxylation is 1. The fraction of sp³-hybridized carbons (Fsp3) is 0.333. The number of nitrogens with zero attached hydrogens (tertiary/aromatic N) is 4. The molecule has 2 aromatic carbocycles. The molecule has 0 bridgehead atoms. The Morgan fingerprint density at radius 3 is 2.53 bits per heavy atom. The van der Waals surface area contributed by atoms with E-state index >= 15 is 0 Å². The van der Waals surface area contributed by atoms with Gasteiger partial charge in [0, 0.05) is 42.3 Å². The zero-order valence-electron chi connectivity index (χ0n) is 20.9. The van der Waals surface area contributed by atoms with Crippen LogP contribution in [-0.4, -0.2) is 57.6 Å². The zero-order valence-corrected chi connectivity index (χ0v) is 20.9. The molecule has 0 atom stereocenters. The van der Waals surface area contributed by atoms with Crippen molar-refractivity contribution in [2.75, 3.05) is 26.7 Å². The third-order valence-corrected chi connectivity index (χ3v) is 6.42. The quantitative estimate of drug-likeness (QED) is 0.362. The van der Waals surface area contributed by atoms with E-state index in [0.717, 1.165) is 10.9 Å². The highest BCUT2D eigenvalue weighted by Gasteiger charge is 2.20. The van der Waals surface area contributed by atoms with Crippen LogP contribution >= 0.6 is 0 Å². The number of esters is 1. The Bertz CT molecular complexity index is 1480. The van der Waals surface area contributed by atoms with E-state index in [1.54, 1.807) is 27.7 Å². The van der Waals surface area contributed by atoms with Gasteiger partial charge in [-0.2, -0.15) is 0 Å². The highest BCUT2D eigenvalue weighted by molar-refractivity contribution is 5.97. The summed E-state index contributed by atoms with van der Waals surface area (Å²) in [5.41, 5.74) is 8.72. The molecule has 9 heteroatoms. The average molecular weight is 490 g/mol. The molecule has 0 aliphatic heterocycles.